The third-order valence-corrected chi connectivity index (χ3v) is 3.60. The summed E-state index contributed by atoms with van der Waals surface area (Å²) in [6.07, 6.45) is 2.38. The number of carboxylic acids is 1. The highest BCUT2D eigenvalue weighted by molar-refractivity contribution is 6.06. The van der Waals surface area contributed by atoms with E-state index in [4.69, 9.17) is 5.11 Å². The van der Waals surface area contributed by atoms with Gasteiger partial charge in [-0.25, -0.2) is 4.79 Å². The number of H-pyrrole nitrogens is 1. The Morgan fingerprint density at radius 2 is 2.05 bits per heavy atom. The van der Waals surface area contributed by atoms with Gasteiger partial charge in [0.05, 0.1) is 17.0 Å². The van der Waals surface area contributed by atoms with Crippen LogP contribution in [0.25, 0.3) is 10.9 Å². The molecule has 6 nitrogen and oxygen atoms in total. The molecule has 1 atom stereocenters. The smallest absolute Gasteiger partial charge is 0.337 e. The van der Waals surface area contributed by atoms with Gasteiger partial charge in [0.15, 0.2) is 0 Å². The monoisotopic (exact) mass is 272 g/mol. The Morgan fingerprint density at radius 1 is 1.25 bits per heavy atom. The molecule has 0 aliphatic carbocycles. The van der Waals surface area contributed by atoms with Crippen LogP contribution in [0.5, 0.6) is 0 Å². The van der Waals surface area contributed by atoms with Crippen LogP contribution in [0.1, 0.15) is 34.7 Å². The van der Waals surface area contributed by atoms with E-state index in [2.05, 4.69) is 10.3 Å². The van der Waals surface area contributed by atoms with Gasteiger partial charge in [0.1, 0.15) is 0 Å². The second kappa shape index (κ2) is 4.48. The van der Waals surface area contributed by atoms with Crippen LogP contribution >= 0.6 is 0 Å². The van der Waals surface area contributed by atoms with Gasteiger partial charge in [-0.1, -0.05) is 6.07 Å². The molecule has 1 aliphatic rings. The number of rotatable bonds is 2. The second-order valence-corrected chi connectivity index (χ2v) is 4.78. The summed E-state index contributed by atoms with van der Waals surface area (Å²) < 4.78 is 0. The average Bonchev–Trinajstić information content (AvgIpc) is 2.87. The number of hydrogen-bond acceptors (Lipinski definition) is 3. The van der Waals surface area contributed by atoms with Crippen LogP contribution in [-0.2, 0) is 9.59 Å². The standard InChI is InChI=1S/C14H12N2O4/c17-11-4-3-9(13(18)16-11)7-1-2-10(14(19)20)12-8(7)5-6-15-12/h1-2,5-6,9,15H,3-4H2,(H,19,20)(H,16,17,18). The van der Waals surface area contributed by atoms with Crippen LogP contribution in [0.3, 0.4) is 0 Å². The number of benzene rings is 1. The van der Waals surface area contributed by atoms with E-state index in [-0.39, 0.29) is 17.4 Å². The molecule has 0 saturated carbocycles. The number of imide groups is 1. The number of carbonyl (C=O) groups is 3. The summed E-state index contributed by atoms with van der Waals surface area (Å²) in [6.45, 7) is 0. The van der Waals surface area contributed by atoms with Crippen LogP contribution in [0.15, 0.2) is 24.4 Å². The SMILES string of the molecule is O=C1CCC(c2ccc(C(=O)O)c3[nH]ccc23)C(=O)N1. The van der Waals surface area contributed by atoms with Crippen LogP contribution in [0.4, 0.5) is 0 Å². The maximum Gasteiger partial charge on any atom is 0.337 e. The molecule has 6 heteroatoms. The number of aromatic amines is 1. The molecule has 0 bridgehead atoms. The third kappa shape index (κ3) is 1.85. The van der Waals surface area contributed by atoms with Crippen molar-refractivity contribution in [2.75, 3.05) is 0 Å². The molecule has 0 spiro atoms. The Hall–Kier alpha value is -2.63. The number of piperidine rings is 1. The van der Waals surface area contributed by atoms with Gasteiger partial charge >= 0.3 is 5.97 Å². The minimum Gasteiger partial charge on any atom is -0.478 e. The van der Waals surface area contributed by atoms with Crippen molar-refractivity contribution < 1.29 is 19.5 Å². The summed E-state index contributed by atoms with van der Waals surface area (Å²) in [6, 6.07) is 4.89. The van der Waals surface area contributed by atoms with Crippen LogP contribution in [0, 0.1) is 0 Å². The summed E-state index contributed by atoms with van der Waals surface area (Å²) in [5.74, 6) is -2.04. The zero-order chi connectivity index (χ0) is 14.3. The number of carboxylic acid groups (broad SMARTS) is 1. The van der Waals surface area contributed by atoms with Gasteiger partial charge < -0.3 is 10.1 Å². The maximum absolute atomic E-state index is 11.9. The molecule has 2 aromatic rings. The van der Waals surface area contributed by atoms with E-state index < -0.39 is 11.9 Å². The summed E-state index contributed by atoms with van der Waals surface area (Å²) >= 11 is 0. The highest BCUT2D eigenvalue weighted by Gasteiger charge is 2.29. The summed E-state index contributed by atoms with van der Waals surface area (Å²) in [4.78, 5) is 37.2. The Morgan fingerprint density at radius 3 is 2.75 bits per heavy atom. The molecule has 2 heterocycles. The van der Waals surface area contributed by atoms with Gasteiger partial charge in [0.25, 0.3) is 0 Å². The normalized spacial score (nSPS) is 19.1. The van der Waals surface area contributed by atoms with E-state index in [0.717, 1.165) is 5.56 Å². The fourth-order valence-electron chi connectivity index (χ4n) is 2.65. The highest BCUT2D eigenvalue weighted by atomic mass is 16.4. The number of nitrogens with one attached hydrogen (secondary N) is 2. The molecule has 1 fully saturated rings. The van der Waals surface area contributed by atoms with Crippen molar-refractivity contribution in [3.8, 4) is 0 Å². The Kier molecular flexibility index (Phi) is 2.78. The van der Waals surface area contributed by atoms with E-state index in [0.29, 0.717) is 23.7 Å². The number of amides is 2. The van der Waals surface area contributed by atoms with Gasteiger partial charge in [-0.15, -0.1) is 0 Å². The molecule has 1 aromatic carbocycles. The lowest BCUT2D eigenvalue weighted by Crippen LogP contribution is -2.39. The number of hydrogen-bond donors (Lipinski definition) is 3. The molecule has 2 amide bonds. The number of fused-ring (bicyclic) bond motifs is 1. The lowest BCUT2D eigenvalue weighted by molar-refractivity contribution is -0.134. The molecular weight excluding hydrogens is 260 g/mol. The molecule has 1 aromatic heterocycles. The van der Waals surface area contributed by atoms with Gasteiger partial charge in [-0.3, -0.25) is 14.9 Å². The largest absolute Gasteiger partial charge is 0.478 e. The fourth-order valence-corrected chi connectivity index (χ4v) is 2.65. The topological polar surface area (TPSA) is 99.3 Å². The molecule has 20 heavy (non-hydrogen) atoms. The summed E-state index contributed by atoms with van der Waals surface area (Å²) in [5.41, 5.74) is 1.41. The van der Waals surface area contributed by atoms with Crippen molar-refractivity contribution in [2.24, 2.45) is 0 Å². The minimum absolute atomic E-state index is 0.168. The summed E-state index contributed by atoms with van der Waals surface area (Å²) in [5, 5.41) is 12.2. The van der Waals surface area contributed by atoms with Crippen molar-refractivity contribution in [2.45, 2.75) is 18.8 Å². The number of aromatic carboxylic acids is 1. The molecule has 0 radical (unpaired) electrons. The van der Waals surface area contributed by atoms with E-state index in [1.807, 2.05) is 0 Å². The highest BCUT2D eigenvalue weighted by Crippen LogP contribution is 2.32. The van der Waals surface area contributed by atoms with Crippen LogP contribution in [0.2, 0.25) is 0 Å². The van der Waals surface area contributed by atoms with Crippen LogP contribution in [-0.4, -0.2) is 27.9 Å². The minimum atomic E-state index is -1.02. The lowest BCUT2D eigenvalue weighted by Gasteiger charge is -2.22. The predicted molar refractivity (Wildman–Crippen MR) is 70.4 cm³/mol. The molecule has 102 valence electrons. The molecular formula is C14H12N2O4. The van der Waals surface area contributed by atoms with Crippen molar-refractivity contribution in [3.63, 3.8) is 0 Å². The quantitative estimate of drug-likeness (QED) is 0.719. The molecule has 1 unspecified atom stereocenters. The number of aromatic nitrogens is 1. The first kappa shape index (κ1) is 12.4. The van der Waals surface area contributed by atoms with E-state index in [1.165, 1.54) is 6.07 Å². The molecule has 3 N–H and O–H groups in total. The van der Waals surface area contributed by atoms with E-state index >= 15 is 0 Å². The predicted octanol–water partition coefficient (Wildman–Crippen LogP) is 1.39. The van der Waals surface area contributed by atoms with Crippen molar-refractivity contribution in [1.29, 1.82) is 0 Å². The zero-order valence-corrected chi connectivity index (χ0v) is 10.5. The lowest BCUT2D eigenvalue weighted by atomic mass is 9.87. The molecule has 1 saturated heterocycles. The first-order valence-electron chi connectivity index (χ1n) is 6.25. The Labute approximate surface area is 113 Å². The van der Waals surface area contributed by atoms with Crippen molar-refractivity contribution in [3.05, 3.63) is 35.5 Å². The summed E-state index contributed by atoms with van der Waals surface area (Å²) in [7, 11) is 0. The van der Waals surface area contributed by atoms with Gasteiger partial charge in [0, 0.05) is 18.0 Å². The van der Waals surface area contributed by atoms with Crippen LogP contribution < -0.4 is 5.32 Å². The molecule has 3 rings (SSSR count). The molecule has 1 aliphatic heterocycles. The zero-order valence-electron chi connectivity index (χ0n) is 10.5. The third-order valence-electron chi connectivity index (χ3n) is 3.60. The Balaban J connectivity index is 2.11. The average molecular weight is 272 g/mol. The Bertz CT molecular complexity index is 732. The fraction of sp³-hybridized carbons (Fsp3) is 0.214. The first-order valence-corrected chi connectivity index (χ1v) is 6.25. The van der Waals surface area contributed by atoms with Crippen molar-refractivity contribution >= 4 is 28.7 Å². The first-order chi connectivity index (χ1) is 9.58. The maximum atomic E-state index is 11.9. The van der Waals surface area contributed by atoms with Gasteiger partial charge in [-0.2, -0.15) is 0 Å². The van der Waals surface area contributed by atoms with E-state index in [1.54, 1.807) is 18.3 Å². The second-order valence-electron chi connectivity index (χ2n) is 4.78. The van der Waals surface area contributed by atoms with Gasteiger partial charge in [0.2, 0.25) is 11.8 Å². The van der Waals surface area contributed by atoms with Gasteiger partial charge in [-0.05, 0) is 24.1 Å². The van der Waals surface area contributed by atoms with Crippen molar-refractivity contribution in [1.82, 2.24) is 10.3 Å². The van der Waals surface area contributed by atoms with E-state index in [9.17, 15) is 14.4 Å². The number of carbonyl (C=O) groups excluding carboxylic acids is 2.